The summed E-state index contributed by atoms with van der Waals surface area (Å²) in [6, 6.07) is 0. The summed E-state index contributed by atoms with van der Waals surface area (Å²) in [5.74, 6) is -4.17. The van der Waals surface area contributed by atoms with Crippen LogP contribution in [0.3, 0.4) is 0 Å². The van der Waals surface area contributed by atoms with Crippen molar-refractivity contribution in [1.29, 1.82) is 0 Å². The van der Waals surface area contributed by atoms with Crippen LogP contribution in [0, 0.1) is 17.8 Å². The second-order valence-electron chi connectivity index (χ2n) is 10.1. The van der Waals surface area contributed by atoms with Gasteiger partial charge in [0.25, 0.3) is 0 Å². The number of esters is 6. The first-order valence-electron chi connectivity index (χ1n) is 13.5. The first kappa shape index (κ1) is 36.8. The van der Waals surface area contributed by atoms with Crippen molar-refractivity contribution in [1.82, 2.24) is 0 Å². The molecule has 0 bridgehead atoms. The van der Waals surface area contributed by atoms with Gasteiger partial charge in [0.2, 0.25) is 0 Å². The van der Waals surface area contributed by atoms with E-state index in [1.165, 1.54) is 41.5 Å². The van der Waals surface area contributed by atoms with E-state index >= 15 is 0 Å². The van der Waals surface area contributed by atoms with Crippen LogP contribution in [0.15, 0.2) is 0 Å². The summed E-state index contributed by atoms with van der Waals surface area (Å²) < 4.78 is 32.2. The molecule has 0 heterocycles. The fourth-order valence-electron chi connectivity index (χ4n) is 4.26. The largest absolute Gasteiger partial charge is 0.466 e. The van der Waals surface area contributed by atoms with Crippen LogP contribution in [0.25, 0.3) is 0 Å². The van der Waals surface area contributed by atoms with Crippen LogP contribution in [-0.2, 0) is 57.2 Å². The second-order valence-corrected chi connectivity index (χ2v) is 10.1. The van der Waals surface area contributed by atoms with Crippen LogP contribution in [0.2, 0.25) is 0 Å². The van der Waals surface area contributed by atoms with Gasteiger partial charge in [0, 0.05) is 66.2 Å². The van der Waals surface area contributed by atoms with Gasteiger partial charge in [-0.25, -0.2) is 0 Å². The first-order valence-corrected chi connectivity index (χ1v) is 13.5. The third-order valence-electron chi connectivity index (χ3n) is 6.34. The van der Waals surface area contributed by atoms with E-state index in [1.54, 1.807) is 13.8 Å². The van der Waals surface area contributed by atoms with E-state index in [1.807, 2.05) is 6.92 Å². The van der Waals surface area contributed by atoms with E-state index in [0.717, 1.165) is 0 Å². The second kappa shape index (κ2) is 19.0. The van der Waals surface area contributed by atoms with Crippen molar-refractivity contribution in [3.05, 3.63) is 0 Å². The Morgan fingerprint density at radius 3 is 1.40 bits per heavy atom. The van der Waals surface area contributed by atoms with Gasteiger partial charge in [0.1, 0.15) is 24.4 Å². The summed E-state index contributed by atoms with van der Waals surface area (Å²) in [4.78, 5) is 69.9. The number of carbonyl (C=O) groups excluding carboxylic acids is 6. The SMILES string of the molecule is CC(=O)OCCC(OC(C)=O)C(C)CCC(OC(C)=O)C(C)C(CC(OC(C)=O)C(C)COC(C)=O)OC(C)=O. The highest BCUT2D eigenvalue weighted by Gasteiger charge is 2.36. The van der Waals surface area contributed by atoms with Crippen molar-refractivity contribution < 1.29 is 57.2 Å². The molecule has 230 valence electrons. The van der Waals surface area contributed by atoms with E-state index in [0.29, 0.717) is 19.3 Å². The number of carbonyl (C=O) groups is 6. The number of ether oxygens (including phenoxy) is 6. The van der Waals surface area contributed by atoms with Gasteiger partial charge in [0.05, 0.1) is 13.2 Å². The average molecular weight is 575 g/mol. The van der Waals surface area contributed by atoms with Gasteiger partial charge in [-0.1, -0.05) is 20.8 Å². The minimum atomic E-state index is -0.811. The summed E-state index contributed by atoms with van der Waals surface area (Å²) in [5, 5.41) is 0. The molecule has 0 aliphatic heterocycles. The predicted molar refractivity (Wildman–Crippen MR) is 141 cm³/mol. The Kier molecular flexibility index (Phi) is 17.5. The molecular formula is C28H46O12. The Balaban J connectivity index is 5.81. The molecule has 0 saturated carbocycles. The van der Waals surface area contributed by atoms with E-state index in [-0.39, 0.29) is 25.6 Å². The highest BCUT2D eigenvalue weighted by Crippen LogP contribution is 2.29. The van der Waals surface area contributed by atoms with Crippen molar-refractivity contribution in [3.8, 4) is 0 Å². The van der Waals surface area contributed by atoms with Crippen LogP contribution < -0.4 is 0 Å². The average Bonchev–Trinajstić information content (AvgIpc) is 2.81. The smallest absolute Gasteiger partial charge is 0.302 e. The molecule has 12 heteroatoms. The lowest BCUT2D eigenvalue weighted by molar-refractivity contribution is -0.165. The molecule has 7 unspecified atom stereocenters. The molecule has 0 fully saturated rings. The van der Waals surface area contributed by atoms with Crippen molar-refractivity contribution >= 4 is 35.8 Å². The number of hydrogen-bond acceptors (Lipinski definition) is 12. The third kappa shape index (κ3) is 16.7. The Bertz CT molecular complexity index is 854. The van der Waals surface area contributed by atoms with E-state index < -0.39 is 72.1 Å². The van der Waals surface area contributed by atoms with Crippen LogP contribution >= 0.6 is 0 Å². The number of rotatable bonds is 18. The molecule has 0 aliphatic carbocycles. The molecular weight excluding hydrogens is 528 g/mol. The van der Waals surface area contributed by atoms with Gasteiger partial charge < -0.3 is 28.4 Å². The summed E-state index contributed by atoms with van der Waals surface area (Å²) in [6.45, 7) is 13.1. The highest BCUT2D eigenvalue weighted by atomic mass is 16.6. The molecule has 12 nitrogen and oxygen atoms in total. The quantitative estimate of drug-likeness (QED) is 0.174. The third-order valence-corrected chi connectivity index (χ3v) is 6.34. The van der Waals surface area contributed by atoms with Gasteiger partial charge in [0.15, 0.2) is 0 Å². The summed E-state index contributed by atoms with van der Waals surface area (Å²) in [7, 11) is 0. The van der Waals surface area contributed by atoms with Crippen LogP contribution in [0.1, 0.15) is 88.0 Å². The fraction of sp³-hybridized carbons (Fsp3) is 0.786. The molecule has 40 heavy (non-hydrogen) atoms. The Hall–Kier alpha value is -3.18. The highest BCUT2D eigenvalue weighted by molar-refractivity contribution is 5.68. The molecule has 7 atom stereocenters. The molecule has 0 aromatic heterocycles. The zero-order valence-electron chi connectivity index (χ0n) is 25.2. The summed E-state index contributed by atoms with van der Waals surface area (Å²) in [6.07, 6.45) is -1.62. The molecule has 0 saturated heterocycles. The lowest BCUT2D eigenvalue weighted by atomic mass is 9.86. The zero-order valence-corrected chi connectivity index (χ0v) is 25.2. The molecule has 0 rings (SSSR count). The van der Waals surface area contributed by atoms with E-state index in [2.05, 4.69) is 0 Å². The maximum Gasteiger partial charge on any atom is 0.302 e. The summed E-state index contributed by atoms with van der Waals surface area (Å²) >= 11 is 0. The normalized spacial score (nSPS) is 16.1. The maximum atomic E-state index is 12.0. The zero-order chi connectivity index (χ0) is 31.0. The van der Waals surface area contributed by atoms with Gasteiger partial charge in [-0.15, -0.1) is 0 Å². The molecule has 0 spiro atoms. The Morgan fingerprint density at radius 1 is 0.475 bits per heavy atom. The van der Waals surface area contributed by atoms with E-state index in [9.17, 15) is 28.8 Å². The molecule has 0 aliphatic rings. The molecule has 0 radical (unpaired) electrons. The van der Waals surface area contributed by atoms with Crippen LogP contribution in [0.4, 0.5) is 0 Å². The minimum absolute atomic E-state index is 0.00970. The monoisotopic (exact) mass is 574 g/mol. The fourth-order valence-corrected chi connectivity index (χ4v) is 4.26. The van der Waals surface area contributed by atoms with Crippen LogP contribution in [0.5, 0.6) is 0 Å². The summed E-state index contributed by atoms with van der Waals surface area (Å²) in [5.41, 5.74) is 0. The van der Waals surface area contributed by atoms with Crippen molar-refractivity contribution in [2.75, 3.05) is 13.2 Å². The van der Waals surface area contributed by atoms with Gasteiger partial charge >= 0.3 is 35.8 Å². The van der Waals surface area contributed by atoms with Crippen molar-refractivity contribution in [3.63, 3.8) is 0 Å². The van der Waals surface area contributed by atoms with Gasteiger partial charge in [-0.05, 0) is 18.8 Å². The van der Waals surface area contributed by atoms with Crippen molar-refractivity contribution in [2.45, 2.75) is 112 Å². The van der Waals surface area contributed by atoms with Crippen molar-refractivity contribution in [2.24, 2.45) is 17.8 Å². The Morgan fingerprint density at radius 2 is 0.925 bits per heavy atom. The lowest BCUT2D eigenvalue weighted by Crippen LogP contribution is -2.41. The molecule has 0 aromatic carbocycles. The molecule has 0 amide bonds. The van der Waals surface area contributed by atoms with Gasteiger partial charge in [-0.2, -0.15) is 0 Å². The predicted octanol–water partition coefficient (Wildman–Crippen LogP) is 3.31. The molecule has 0 N–H and O–H groups in total. The number of hydrogen-bond donors (Lipinski definition) is 0. The minimum Gasteiger partial charge on any atom is -0.466 e. The van der Waals surface area contributed by atoms with Crippen LogP contribution in [-0.4, -0.2) is 73.4 Å². The van der Waals surface area contributed by atoms with E-state index in [4.69, 9.17) is 28.4 Å². The lowest BCUT2D eigenvalue weighted by Gasteiger charge is -2.34. The molecule has 0 aromatic rings. The topological polar surface area (TPSA) is 158 Å². The Labute approximate surface area is 236 Å². The maximum absolute atomic E-state index is 12.0. The standard InChI is InChI=1S/C28H46O12/c1-16(25(37-21(6)31)12-13-35-19(4)29)10-11-26(38-22(7)32)18(3)28(40-24(9)34)14-27(39-23(8)33)17(2)15-36-20(5)30/h16-18,25-28H,10-15H2,1-9H3. The van der Waals surface area contributed by atoms with Gasteiger partial charge in [-0.3, -0.25) is 28.8 Å². The first-order chi connectivity index (χ1) is 18.5.